The second-order valence-corrected chi connectivity index (χ2v) is 4.94. The van der Waals surface area contributed by atoms with Crippen molar-refractivity contribution in [3.63, 3.8) is 0 Å². The van der Waals surface area contributed by atoms with Gasteiger partial charge in [-0.2, -0.15) is 0 Å². The number of ether oxygens (including phenoxy) is 1. The lowest BCUT2D eigenvalue weighted by Crippen LogP contribution is -2.01. The smallest absolute Gasteiger partial charge is 0.335 e. The minimum atomic E-state index is -1.08. The third-order valence-corrected chi connectivity index (χ3v) is 3.07. The van der Waals surface area contributed by atoms with Crippen LogP contribution in [0, 0.1) is 5.82 Å². The van der Waals surface area contributed by atoms with Crippen molar-refractivity contribution in [2.75, 3.05) is 0 Å². The molecule has 1 aromatic heterocycles. The Kier molecular flexibility index (Phi) is 4.34. The van der Waals surface area contributed by atoms with E-state index in [4.69, 9.17) is 9.84 Å². The van der Waals surface area contributed by atoms with Gasteiger partial charge in [-0.3, -0.25) is 0 Å². The minimum Gasteiger partial charge on any atom is -0.478 e. The monoisotopic (exact) mass is 339 g/mol. The lowest BCUT2D eigenvalue weighted by molar-refractivity contribution is 0.0696. The zero-order chi connectivity index (χ0) is 14.7. The van der Waals surface area contributed by atoms with Gasteiger partial charge in [-0.05, 0) is 30.7 Å². The third kappa shape index (κ3) is 3.33. The number of halogens is 2. The number of benzene rings is 1. The fraction of sp³-hybridized carbons (Fsp3) is 0.143. The maximum Gasteiger partial charge on any atom is 0.335 e. The van der Waals surface area contributed by atoms with Gasteiger partial charge in [0.25, 0.3) is 0 Å². The third-order valence-electron chi connectivity index (χ3n) is 2.57. The molecule has 0 spiro atoms. The molecule has 0 saturated carbocycles. The molecule has 0 radical (unpaired) electrons. The highest BCUT2D eigenvalue weighted by atomic mass is 79.9. The summed E-state index contributed by atoms with van der Waals surface area (Å²) in [7, 11) is 0. The van der Waals surface area contributed by atoms with Crippen LogP contribution >= 0.6 is 15.9 Å². The number of nitrogens with zero attached hydrogens (tertiary/aromatic N) is 1. The van der Waals surface area contributed by atoms with E-state index in [1.807, 2.05) is 6.92 Å². The quantitative estimate of drug-likeness (QED) is 0.913. The Bertz CT molecular complexity index is 661. The molecule has 0 amide bonds. The van der Waals surface area contributed by atoms with Crippen LogP contribution in [-0.2, 0) is 6.42 Å². The predicted octanol–water partition coefficient (Wildman–Crippen LogP) is 4.04. The number of hydrogen-bond acceptors (Lipinski definition) is 3. The van der Waals surface area contributed by atoms with Gasteiger partial charge in [-0.1, -0.05) is 22.9 Å². The van der Waals surface area contributed by atoms with Crippen LogP contribution in [0.2, 0.25) is 0 Å². The molecule has 6 heteroatoms. The van der Waals surface area contributed by atoms with Crippen molar-refractivity contribution >= 4 is 21.9 Å². The molecule has 0 aliphatic rings. The summed E-state index contributed by atoms with van der Waals surface area (Å²) in [6.45, 7) is 1.84. The Labute approximate surface area is 123 Å². The average Bonchev–Trinajstić information content (AvgIpc) is 2.42. The van der Waals surface area contributed by atoms with Gasteiger partial charge in [0.2, 0.25) is 5.88 Å². The van der Waals surface area contributed by atoms with Crippen molar-refractivity contribution in [3.05, 3.63) is 51.9 Å². The number of carboxylic acids is 1. The number of rotatable bonds is 4. The summed E-state index contributed by atoms with van der Waals surface area (Å²) in [4.78, 5) is 15.2. The molecule has 0 bridgehead atoms. The zero-order valence-electron chi connectivity index (χ0n) is 10.6. The van der Waals surface area contributed by atoms with Crippen LogP contribution in [0.15, 0.2) is 34.8 Å². The molecule has 1 N–H and O–H groups in total. The van der Waals surface area contributed by atoms with Crippen molar-refractivity contribution in [2.45, 2.75) is 13.3 Å². The molecule has 2 aromatic rings. The second-order valence-electron chi connectivity index (χ2n) is 4.02. The standard InChI is InChI=1S/C14H11BrFNO3/c1-2-10-5-8(14(18)19)6-13(17-10)20-12-7-9(15)3-4-11(12)16/h3-7H,2H2,1H3,(H,18,19). The Morgan fingerprint density at radius 3 is 2.80 bits per heavy atom. The fourth-order valence-corrected chi connectivity index (χ4v) is 1.93. The molecular weight excluding hydrogens is 329 g/mol. The molecule has 4 nitrogen and oxygen atoms in total. The maximum atomic E-state index is 13.6. The number of hydrogen-bond donors (Lipinski definition) is 1. The van der Waals surface area contributed by atoms with E-state index in [1.54, 1.807) is 6.07 Å². The van der Waals surface area contributed by atoms with Gasteiger partial charge in [0.15, 0.2) is 11.6 Å². The summed E-state index contributed by atoms with van der Waals surface area (Å²) >= 11 is 3.21. The molecule has 20 heavy (non-hydrogen) atoms. The van der Waals surface area contributed by atoms with E-state index < -0.39 is 11.8 Å². The molecule has 0 aliphatic heterocycles. The number of carboxylic acid groups (broad SMARTS) is 1. The molecule has 0 unspecified atom stereocenters. The highest BCUT2D eigenvalue weighted by molar-refractivity contribution is 9.10. The van der Waals surface area contributed by atoms with Crippen LogP contribution in [-0.4, -0.2) is 16.1 Å². The first-order valence-electron chi connectivity index (χ1n) is 5.86. The van der Waals surface area contributed by atoms with E-state index in [0.29, 0.717) is 16.6 Å². The fourth-order valence-electron chi connectivity index (χ4n) is 1.59. The minimum absolute atomic E-state index is 0.0172. The molecule has 1 aromatic carbocycles. The first-order chi connectivity index (χ1) is 9.49. The number of carbonyl (C=O) groups is 1. The molecule has 0 saturated heterocycles. The Morgan fingerprint density at radius 1 is 1.40 bits per heavy atom. The summed E-state index contributed by atoms with van der Waals surface area (Å²) in [6, 6.07) is 6.98. The van der Waals surface area contributed by atoms with E-state index in [2.05, 4.69) is 20.9 Å². The summed E-state index contributed by atoms with van der Waals surface area (Å²) in [5, 5.41) is 9.03. The summed E-state index contributed by atoms with van der Waals surface area (Å²) in [6.07, 6.45) is 0.554. The molecular formula is C14H11BrFNO3. The van der Waals surface area contributed by atoms with Crippen molar-refractivity contribution in [1.29, 1.82) is 0 Å². The van der Waals surface area contributed by atoms with Gasteiger partial charge in [-0.25, -0.2) is 14.2 Å². The van der Waals surface area contributed by atoms with Gasteiger partial charge >= 0.3 is 5.97 Å². The van der Waals surface area contributed by atoms with Crippen LogP contribution in [0.1, 0.15) is 23.0 Å². The van der Waals surface area contributed by atoms with Crippen molar-refractivity contribution < 1.29 is 19.0 Å². The van der Waals surface area contributed by atoms with Gasteiger partial charge in [0.1, 0.15) is 0 Å². The second kappa shape index (κ2) is 6.00. The zero-order valence-corrected chi connectivity index (χ0v) is 12.1. The molecule has 0 fully saturated rings. The topological polar surface area (TPSA) is 59.4 Å². The van der Waals surface area contributed by atoms with Crippen molar-refractivity contribution in [3.8, 4) is 11.6 Å². The largest absolute Gasteiger partial charge is 0.478 e. The van der Waals surface area contributed by atoms with Crippen LogP contribution in [0.25, 0.3) is 0 Å². The number of aryl methyl sites for hydroxylation is 1. The summed E-state index contributed by atoms with van der Waals surface area (Å²) in [5.74, 6) is -1.59. The van der Waals surface area contributed by atoms with E-state index in [9.17, 15) is 9.18 Å². The van der Waals surface area contributed by atoms with E-state index in [1.165, 1.54) is 24.3 Å². The summed E-state index contributed by atoms with van der Waals surface area (Å²) < 4.78 is 19.6. The lowest BCUT2D eigenvalue weighted by Gasteiger charge is -2.08. The molecule has 0 aliphatic carbocycles. The average molecular weight is 340 g/mol. The van der Waals surface area contributed by atoms with Gasteiger partial charge in [0, 0.05) is 16.2 Å². The molecule has 2 rings (SSSR count). The Balaban J connectivity index is 2.39. The van der Waals surface area contributed by atoms with E-state index in [0.717, 1.165) is 0 Å². The van der Waals surface area contributed by atoms with E-state index in [-0.39, 0.29) is 17.2 Å². The normalized spacial score (nSPS) is 10.3. The van der Waals surface area contributed by atoms with Gasteiger partial charge < -0.3 is 9.84 Å². The van der Waals surface area contributed by atoms with Gasteiger partial charge in [0.05, 0.1) is 5.56 Å². The molecule has 104 valence electrons. The van der Waals surface area contributed by atoms with Crippen molar-refractivity contribution in [1.82, 2.24) is 4.98 Å². The first-order valence-corrected chi connectivity index (χ1v) is 6.66. The van der Waals surface area contributed by atoms with E-state index >= 15 is 0 Å². The number of pyridine rings is 1. The highest BCUT2D eigenvalue weighted by Crippen LogP contribution is 2.27. The predicted molar refractivity (Wildman–Crippen MR) is 74.7 cm³/mol. The van der Waals surface area contributed by atoms with Crippen LogP contribution in [0.3, 0.4) is 0 Å². The van der Waals surface area contributed by atoms with Crippen molar-refractivity contribution in [2.24, 2.45) is 0 Å². The molecule has 0 atom stereocenters. The number of aromatic nitrogens is 1. The Hall–Kier alpha value is -1.95. The van der Waals surface area contributed by atoms with Crippen LogP contribution < -0.4 is 4.74 Å². The highest BCUT2D eigenvalue weighted by Gasteiger charge is 2.11. The van der Waals surface area contributed by atoms with Crippen LogP contribution in [0.5, 0.6) is 11.6 Å². The Morgan fingerprint density at radius 2 is 2.15 bits per heavy atom. The summed E-state index contributed by atoms with van der Waals surface area (Å²) in [5.41, 5.74) is 0.623. The molecule has 1 heterocycles. The lowest BCUT2D eigenvalue weighted by atomic mass is 10.2. The van der Waals surface area contributed by atoms with Crippen LogP contribution in [0.4, 0.5) is 4.39 Å². The maximum absolute atomic E-state index is 13.6. The number of aromatic carboxylic acids is 1. The van der Waals surface area contributed by atoms with Gasteiger partial charge in [-0.15, -0.1) is 0 Å². The SMILES string of the molecule is CCc1cc(C(=O)O)cc(Oc2cc(Br)ccc2F)n1. The first kappa shape index (κ1) is 14.5.